The monoisotopic (exact) mass is 309 g/mol. The Morgan fingerprint density at radius 3 is 2.95 bits per heavy atom. The minimum atomic E-state index is -3.36. The number of thiophene rings is 1. The number of sulfonamides is 1. The zero-order valence-corrected chi connectivity index (χ0v) is 12.5. The molecule has 5 nitrogen and oxygen atoms in total. The quantitative estimate of drug-likeness (QED) is 0.871. The first-order valence-electron chi connectivity index (χ1n) is 6.46. The van der Waals surface area contributed by atoms with Gasteiger partial charge in [-0.1, -0.05) is 0 Å². The first-order valence-corrected chi connectivity index (χ1v) is 8.84. The van der Waals surface area contributed by atoms with E-state index in [9.17, 15) is 8.42 Å². The van der Waals surface area contributed by atoms with Gasteiger partial charge in [0.05, 0.1) is 4.90 Å². The van der Waals surface area contributed by atoms with Crippen LogP contribution in [-0.2, 0) is 10.0 Å². The van der Waals surface area contributed by atoms with Crippen molar-refractivity contribution in [3.05, 3.63) is 41.1 Å². The fourth-order valence-electron chi connectivity index (χ4n) is 2.49. The third-order valence-corrected chi connectivity index (χ3v) is 6.23. The molecule has 0 amide bonds. The van der Waals surface area contributed by atoms with E-state index in [0.29, 0.717) is 18.0 Å². The predicted molar refractivity (Wildman–Crippen MR) is 77.1 cm³/mol. The Balaban J connectivity index is 1.83. The molecule has 0 radical (unpaired) electrons. The maximum atomic E-state index is 12.5. The summed E-state index contributed by atoms with van der Waals surface area (Å²) in [5.41, 5.74) is 0.921. The Morgan fingerprint density at radius 2 is 2.25 bits per heavy atom. The van der Waals surface area contributed by atoms with Crippen molar-refractivity contribution < 1.29 is 8.42 Å². The Morgan fingerprint density at radius 1 is 1.35 bits per heavy atom. The molecule has 0 aliphatic carbocycles. The molecule has 0 aromatic carbocycles. The van der Waals surface area contributed by atoms with Crippen molar-refractivity contribution in [2.24, 2.45) is 0 Å². The largest absolute Gasteiger partial charge is 0.245 e. The number of hydrogen-bond acceptors (Lipinski definition) is 5. The topological polar surface area (TPSA) is 63.2 Å². The van der Waals surface area contributed by atoms with Crippen molar-refractivity contribution in [3.8, 4) is 0 Å². The summed E-state index contributed by atoms with van der Waals surface area (Å²) in [5, 5.41) is 3.47. The molecule has 1 aliphatic heterocycles. The van der Waals surface area contributed by atoms with E-state index in [1.54, 1.807) is 27.3 Å². The lowest BCUT2D eigenvalue weighted by Crippen LogP contribution is -2.39. The molecule has 0 saturated carbocycles. The van der Waals surface area contributed by atoms with Crippen LogP contribution in [0.5, 0.6) is 0 Å². The second kappa shape index (κ2) is 5.59. The van der Waals surface area contributed by atoms with Gasteiger partial charge in [-0.05, 0) is 30.4 Å². The molecular weight excluding hydrogens is 294 g/mol. The van der Waals surface area contributed by atoms with Crippen molar-refractivity contribution in [1.82, 2.24) is 14.3 Å². The van der Waals surface area contributed by atoms with E-state index in [1.165, 1.54) is 17.7 Å². The maximum Gasteiger partial charge on any atom is 0.243 e. The number of piperidine rings is 1. The fraction of sp³-hybridized carbons (Fsp3) is 0.385. The molecule has 1 atom stereocenters. The molecule has 3 heterocycles. The molecule has 1 fully saturated rings. The molecule has 2 aromatic rings. The number of nitrogens with zero attached hydrogens (tertiary/aromatic N) is 3. The van der Waals surface area contributed by atoms with Gasteiger partial charge in [-0.25, -0.2) is 18.4 Å². The second-order valence-electron chi connectivity index (χ2n) is 4.80. The average Bonchev–Trinajstić information content (AvgIpc) is 3.03. The number of aromatic nitrogens is 2. The molecule has 1 unspecified atom stereocenters. The van der Waals surface area contributed by atoms with Crippen LogP contribution >= 0.6 is 11.3 Å². The van der Waals surface area contributed by atoms with Gasteiger partial charge in [-0.3, -0.25) is 0 Å². The summed E-state index contributed by atoms with van der Waals surface area (Å²) >= 11 is 1.40. The highest BCUT2D eigenvalue weighted by molar-refractivity contribution is 7.89. The van der Waals surface area contributed by atoms with Crippen LogP contribution in [0.15, 0.2) is 40.3 Å². The van der Waals surface area contributed by atoms with Crippen LogP contribution in [0.25, 0.3) is 0 Å². The highest BCUT2D eigenvalue weighted by Gasteiger charge is 2.31. The highest BCUT2D eigenvalue weighted by Crippen LogP contribution is 2.29. The van der Waals surface area contributed by atoms with E-state index in [2.05, 4.69) is 9.97 Å². The van der Waals surface area contributed by atoms with Gasteiger partial charge < -0.3 is 0 Å². The molecule has 0 bridgehead atoms. The van der Waals surface area contributed by atoms with Crippen LogP contribution in [-0.4, -0.2) is 35.8 Å². The Bertz CT molecular complexity index is 656. The zero-order valence-electron chi connectivity index (χ0n) is 10.8. The first kappa shape index (κ1) is 13.7. The Labute approximate surface area is 122 Å². The summed E-state index contributed by atoms with van der Waals surface area (Å²) < 4.78 is 26.6. The van der Waals surface area contributed by atoms with E-state index >= 15 is 0 Å². The molecule has 2 aromatic heterocycles. The third kappa shape index (κ3) is 2.61. The van der Waals surface area contributed by atoms with Crippen LogP contribution in [0.2, 0.25) is 0 Å². The highest BCUT2D eigenvalue weighted by atomic mass is 32.2. The predicted octanol–water partition coefficient (Wildman–Crippen LogP) is 2.11. The van der Waals surface area contributed by atoms with Crippen molar-refractivity contribution in [3.63, 3.8) is 0 Å². The van der Waals surface area contributed by atoms with Gasteiger partial charge in [0.2, 0.25) is 10.0 Å². The van der Waals surface area contributed by atoms with Gasteiger partial charge in [0.25, 0.3) is 0 Å². The fourth-order valence-corrected chi connectivity index (χ4v) is 5.03. The number of hydrogen-bond donors (Lipinski definition) is 0. The lowest BCUT2D eigenvalue weighted by atomic mass is 9.96. The maximum absolute atomic E-state index is 12.5. The van der Waals surface area contributed by atoms with E-state index in [4.69, 9.17) is 0 Å². The van der Waals surface area contributed by atoms with Crippen LogP contribution < -0.4 is 0 Å². The molecule has 20 heavy (non-hydrogen) atoms. The summed E-state index contributed by atoms with van der Waals surface area (Å²) in [6.07, 6.45) is 5.04. The minimum Gasteiger partial charge on any atom is -0.245 e. The summed E-state index contributed by atoms with van der Waals surface area (Å²) in [4.78, 5) is 8.55. The second-order valence-corrected chi connectivity index (χ2v) is 7.51. The summed E-state index contributed by atoms with van der Waals surface area (Å²) in [6, 6.07) is 3.53. The van der Waals surface area contributed by atoms with Crippen LogP contribution in [0, 0.1) is 0 Å². The van der Waals surface area contributed by atoms with Gasteiger partial charge in [0.15, 0.2) is 0 Å². The van der Waals surface area contributed by atoms with Crippen molar-refractivity contribution in [2.45, 2.75) is 23.7 Å². The summed E-state index contributed by atoms with van der Waals surface area (Å²) in [6.45, 7) is 1.08. The molecule has 0 N–H and O–H groups in total. The van der Waals surface area contributed by atoms with E-state index in [-0.39, 0.29) is 5.92 Å². The van der Waals surface area contributed by atoms with Gasteiger partial charge in [-0.2, -0.15) is 15.6 Å². The van der Waals surface area contributed by atoms with Crippen molar-refractivity contribution in [1.29, 1.82) is 0 Å². The van der Waals surface area contributed by atoms with Gasteiger partial charge >= 0.3 is 0 Å². The van der Waals surface area contributed by atoms with Crippen LogP contribution in [0.4, 0.5) is 0 Å². The smallest absolute Gasteiger partial charge is 0.243 e. The van der Waals surface area contributed by atoms with Crippen LogP contribution in [0.3, 0.4) is 0 Å². The lowest BCUT2D eigenvalue weighted by Gasteiger charge is -2.31. The molecule has 0 spiro atoms. The number of rotatable bonds is 3. The SMILES string of the molecule is O=S(=O)(c1ccsc1)N1CCCC(c2ccncn2)C1. The Kier molecular flexibility index (Phi) is 3.82. The molecular formula is C13H15N3O2S2. The molecule has 1 aliphatic rings. The average molecular weight is 309 g/mol. The molecule has 3 rings (SSSR count). The molecule has 1 saturated heterocycles. The van der Waals surface area contributed by atoms with Crippen molar-refractivity contribution >= 4 is 21.4 Å². The van der Waals surface area contributed by atoms with E-state index in [1.807, 2.05) is 6.07 Å². The molecule has 106 valence electrons. The van der Waals surface area contributed by atoms with Gasteiger partial charge in [0.1, 0.15) is 6.33 Å². The zero-order chi connectivity index (χ0) is 14.0. The van der Waals surface area contributed by atoms with E-state index in [0.717, 1.165) is 18.5 Å². The Hall–Kier alpha value is -1.31. The van der Waals surface area contributed by atoms with Gasteiger partial charge in [0, 0.05) is 36.3 Å². The standard InChI is InChI=1S/C13H15N3O2S2/c17-20(18,12-4-7-19-9-12)16-6-1-2-11(8-16)13-3-5-14-10-15-13/h3-5,7,9-11H,1-2,6,8H2. The summed E-state index contributed by atoms with van der Waals surface area (Å²) in [5.74, 6) is 0.153. The lowest BCUT2D eigenvalue weighted by molar-refractivity contribution is 0.312. The minimum absolute atomic E-state index is 0.153. The summed E-state index contributed by atoms with van der Waals surface area (Å²) in [7, 11) is -3.36. The van der Waals surface area contributed by atoms with E-state index < -0.39 is 10.0 Å². The van der Waals surface area contributed by atoms with Crippen molar-refractivity contribution in [2.75, 3.05) is 13.1 Å². The van der Waals surface area contributed by atoms with Crippen LogP contribution in [0.1, 0.15) is 24.5 Å². The first-order chi connectivity index (χ1) is 9.68. The molecule has 7 heteroatoms. The normalized spacial score (nSPS) is 20.9. The third-order valence-electron chi connectivity index (χ3n) is 3.54. The van der Waals surface area contributed by atoms with Gasteiger partial charge in [-0.15, -0.1) is 0 Å².